The zero-order valence-electron chi connectivity index (χ0n) is 14.3. The molecule has 0 unspecified atom stereocenters. The SMILES string of the molecule is CCC(=O)c1ccc(OC[C@H](O)C[NH2+][C@H](C)c2ccccc2)cc1. The minimum atomic E-state index is -0.548. The lowest BCUT2D eigenvalue weighted by molar-refractivity contribution is -0.698. The molecule has 4 nitrogen and oxygen atoms in total. The van der Waals surface area contributed by atoms with Crippen molar-refractivity contribution in [1.82, 2.24) is 0 Å². The number of hydrogen-bond acceptors (Lipinski definition) is 3. The number of ketones is 1. The first-order valence-corrected chi connectivity index (χ1v) is 8.42. The van der Waals surface area contributed by atoms with Crippen molar-refractivity contribution >= 4 is 5.78 Å². The Hall–Kier alpha value is -2.17. The Bertz CT molecular complexity index is 625. The number of carbonyl (C=O) groups excluding carboxylic acids is 1. The van der Waals surface area contributed by atoms with Crippen molar-refractivity contribution in [2.24, 2.45) is 0 Å². The van der Waals surface area contributed by atoms with Gasteiger partial charge in [-0.05, 0) is 31.2 Å². The van der Waals surface area contributed by atoms with Gasteiger partial charge >= 0.3 is 0 Å². The van der Waals surface area contributed by atoms with Crippen molar-refractivity contribution in [2.45, 2.75) is 32.4 Å². The van der Waals surface area contributed by atoms with E-state index in [4.69, 9.17) is 4.74 Å². The normalized spacial score (nSPS) is 13.3. The number of quaternary nitrogens is 1. The Morgan fingerprint density at radius 3 is 2.42 bits per heavy atom. The number of aliphatic hydroxyl groups excluding tert-OH is 1. The summed E-state index contributed by atoms with van der Waals surface area (Å²) in [5.41, 5.74) is 1.93. The Labute approximate surface area is 143 Å². The fourth-order valence-corrected chi connectivity index (χ4v) is 2.46. The lowest BCUT2D eigenvalue weighted by Gasteiger charge is -2.15. The smallest absolute Gasteiger partial charge is 0.162 e. The van der Waals surface area contributed by atoms with Crippen LogP contribution in [0.25, 0.3) is 0 Å². The topological polar surface area (TPSA) is 63.1 Å². The molecule has 2 atom stereocenters. The van der Waals surface area contributed by atoms with Crippen LogP contribution < -0.4 is 10.1 Å². The van der Waals surface area contributed by atoms with E-state index in [1.165, 1.54) is 5.56 Å². The van der Waals surface area contributed by atoms with Crippen molar-refractivity contribution in [3.05, 3.63) is 65.7 Å². The van der Waals surface area contributed by atoms with E-state index in [0.29, 0.717) is 30.3 Å². The molecule has 2 aromatic rings. The predicted molar refractivity (Wildman–Crippen MR) is 94.2 cm³/mol. The monoisotopic (exact) mass is 328 g/mol. The number of benzene rings is 2. The highest BCUT2D eigenvalue weighted by Crippen LogP contribution is 2.13. The van der Waals surface area contributed by atoms with E-state index in [-0.39, 0.29) is 12.4 Å². The molecule has 0 spiro atoms. The summed E-state index contributed by atoms with van der Waals surface area (Å²) in [5.74, 6) is 0.781. The molecule has 3 N–H and O–H groups in total. The van der Waals surface area contributed by atoms with Gasteiger partial charge in [-0.15, -0.1) is 0 Å². The summed E-state index contributed by atoms with van der Waals surface area (Å²) in [6, 6.07) is 17.6. The molecule has 4 heteroatoms. The Morgan fingerprint density at radius 1 is 1.12 bits per heavy atom. The molecule has 0 aliphatic rings. The quantitative estimate of drug-likeness (QED) is 0.695. The number of rotatable bonds is 9. The summed E-state index contributed by atoms with van der Waals surface area (Å²) in [6.45, 7) is 4.77. The summed E-state index contributed by atoms with van der Waals surface area (Å²) >= 11 is 0. The summed E-state index contributed by atoms with van der Waals surface area (Å²) in [6.07, 6.45) is -0.0536. The molecule has 0 amide bonds. The van der Waals surface area contributed by atoms with E-state index in [1.807, 2.05) is 25.1 Å². The van der Waals surface area contributed by atoms with Gasteiger partial charge in [0.25, 0.3) is 0 Å². The van der Waals surface area contributed by atoms with E-state index < -0.39 is 6.10 Å². The molecule has 24 heavy (non-hydrogen) atoms. The first-order valence-electron chi connectivity index (χ1n) is 8.42. The van der Waals surface area contributed by atoms with Gasteiger partial charge in [0.05, 0.1) is 0 Å². The van der Waals surface area contributed by atoms with Crippen LogP contribution in [0.3, 0.4) is 0 Å². The first-order chi connectivity index (χ1) is 11.6. The molecule has 0 fully saturated rings. The number of Topliss-reactive ketones (excluding diaryl/α,β-unsaturated/α-hetero) is 1. The summed E-state index contributed by atoms with van der Waals surface area (Å²) in [5, 5.41) is 12.2. The fourth-order valence-electron chi connectivity index (χ4n) is 2.46. The van der Waals surface area contributed by atoms with Gasteiger partial charge in [0.2, 0.25) is 0 Å². The van der Waals surface area contributed by atoms with Gasteiger partial charge in [-0.1, -0.05) is 37.3 Å². The average Bonchev–Trinajstić information content (AvgIpc) is 2.64. The maximum absolute atomic E-state index is 11.6. The molecule has 128 valence electrons. The van der Waals surface area contributed by atoms with Crippen LogP contribution in [-0.4, -0.2) is 30.1 Å². The molecule has 0 aliphatic heterocycles. The van der Waals surface area contributed by atoms with Crippen LogP contribution in [0.5, 0.6) is 5.75 Å². The van der Waals surface area contributed by atoms with Gasteiger partial charge in [-0.3, -0.25) is 4.79 Å². The predicted octanol–water partition coefficient (Wildman–Crippen LogP) is 2.34. The summed E-state index contributed by atoms with van der Waals surface area (Å²) in [7, 11) is 0. The molecule has 2 aromatic carbocycles. The highest BCUT2D eigenvalue weighted by atomic mass is 16.5. The van der Waals surface area contributed by atoms with Gasteiger partial charge in [0, 0.05) is 17.5 Å². The fraction of sp³-hybridized carbons (Fsp3) is 0.350. The van der Waals surface area contributed by atoms with Gasteiger partial charge in [0.1, 0.15) is 31.0 Å². The second kappa shape index (κ2) is 9.21. The average molecular weight is 328 g/mol. The van der Waals surface area contributed by atoms with Crippen molar-refractivity contribution in [1.29, 1.82) is 0 Å². The molecule has 0 bridgehead atoms. The minimum Gasteiger partial charge on any atom is -0.491 e. The van der Waals surface area contributed by atoms with Gasteiger partial charge in [-0.2, -0.15) is 0 Å². The number of nitrogens with two attached hydrogens (primary N) is 1. The minimum absolute atomic E-state index is 0.117. The van der Waals surface area contributed by atoms with Crippen LogP contribution in [0.4, 0.5) is 0 Å². The zero-order chi connectivity index (χ0) is 17.4. The van der Waals surface area contributed by atoms with Gasteiger partial charge in [0.15, 0.2) is 5.78 Å². The Kier molecular flexibility index (Phi) is 6.97. The third kappa shape index (κ3) is 5.48. The van der Waals surface area contributed by atoms with E-state index in [9.17, 15) is 9.90 Å². The maximum atomic E-state index is 11.6. The lowest BCUT2D eigenvalue weighted by Crippen LogP contribution is -2.87. The van der Waals surface area contributed by atoms with Crippen LogP contribution in [0.1, 0.15) is 42.2 Å². The molecule has 2 rings (SSSR count). The molecule has 0 aromatic heterocycles. The summed E-state index contributed by atoms with van der Waals surface area (Å²) in [4.78, 5) is 11.6. The van der Waals surface area contributed by atoms with Gasteiger partial charge in [-0.25, -0.2) is 0 Å². The molecule has 0 heterocycles. The summed E-state index contributed by atoms with van der Waals surface area (Å²) < 4.78 is 5.59. The highest BCUT2D eigenvalue weighted by Gasteiger charge is 2.13. The van der Waals surface area contributed by atoms with Gasteiger partial charge < -0.3 is 15.2 Å². The van der Waals surface area contributed by atoms with Crippen LogP contribution in [0, 0.1) is 0 Å². The third-order valence-corrected chi connectivity index (χ3v) is 4.03. The van der Waals surface area contributed by atoms with Crippen molar-refractivity contribution in [3.63, 3.8) is 0 Å². The second-order valence-corrected chi connectivity index (χ2v) is 5.94. The maximum Gasteiger partial charge on any atom is 0.162 e. The molecule has 0 saturated carbocycles. The van der Waals surface area contributed by atoms with Crippen LogP contribution >= 0.6 is 0 Å². The van der Waals surface area contributed by atoms with Crippen LogP contribution in [-0.2, 0) is 0 Å². The first kappa shape index (κ1) is 18.2. The van der Waals surface area contributed by atoms with Crippen molar-refractivity contribution < 1.29 is 20.0 Å². The second-order valence-electron chi connectivity index (χ2n) is 5.94. The number of hydrogen-bond donors (Lipinski definition) is 2. The van der Waals surface area contributed by atoms with E-state index in [2.05, 4.69) is 24.4 Å². The molecular formula is C20H26NO3+. The standard InChI is InChI=1S/C20H25NO3/c1-3-20(23)17-9-11-19(12-10-17)24-14-18(22)13-21-15(2)16-7-5-4-6-8-16/h4-12,15,18,21-22H,3,13-14H2,1-2H3/p+1/t15-,18-/m1/s1. The lowest BCUT2D eigenvalue weighted by atomic mass is 10.1. The van der Waals surface area contributed by atoms with Crippen LogP contribution in [0.15, 0.2) is 54.6 Å². The van der Waals surface area contributed by atoms with E-state index in [1.54, 1.807) is 24.3 Å². The number of aliphatic hydroxyl groups is 1. The largest absolute Gasteiger partial charge is 0.491 e. The molecule has 0 aliphatic carbocycles. The Morgan fingerprint density at radius 2 is 1.79 bits per heavy atom. The highest BCUT2D eigenvalue weighted by molar-refractivity contribution is 5.95. The van der Waals surface area contributed by atoms with Crippen LogP contribution in [0.2, 0.25) is 0 Å². The zero-order valence-corrected chi connectivity index (χ0v) is 14.3. The molecule has 0 saturated heterocycles. The third-order valence-electron chi connectivity index (χ3n) is 4.03. The molecule has 0 radical (unpaired) electrons. The molecular weight excluding hydrogens is 302 g/mol. The van der Waals surface area contributed by atoms with E-state index >= 15 is 0 Å². The number of carbonyl (C=O) groups is 1. The van der Waals surface area contributed by atoms with Crippen molar-refractivity contribution in [2.75, 3.05) is 13.2 Å². The van der Waals surface area contributed by atoms with Crippen molar-refractivity contribution in [3.8, 4) is 5.75 Å². The Balaban J connectivity index is 1.75. The van der Waals surface area contributed by atoms with E-state index in [0.717, 1.165) is 0 Å². The number of ether oxygens (including phenoxy) is 1.